The maximum Gasteiger partial charge on any atom is 0.251 e. The number of nitrogens with two attached hydrogens (primary N) is 1. The van der Waals surface area contributed by atoms with Crippen molar-refractivity contribution in [3.63, 3.8) is 0 Å². The molecule has 0 atom stereocenters. The molecule has 0 bridgehead atoms. The number of nitrogens with zero attached hydrogens (tertiary/aromatic N) is 1. The van der Waals surface area contributed by atoms with Gasteiger partial charge in [-0.05, 0) is 49.3 Å². The van der Waals surface area contributed by atoms with Crippen LogP contribution in [0.25, 0.3) is 22.3 Å². The molecule has 3 nitrogen and oxygen atoms in total. The lowest BCUT2D eigenvalue weighted by Gasteiger charge is -2.26. The smallest absolute Gasteiger partial charge is 0.251 e. The van der Waals surface area contributed by atoms with Crippen LogP contribution in [0.4, 0.5) is 0 Å². The first-order chi connectivity index (χ1) is 16.6. The van der Waals surface area contributed by atoms with Gasteiger partial charge in [-0.1, -0.05) is 106 Å². The molecule has 1 aromatic heterocycles. The number of unbranched alkanes of at least 4 members (excludes halogenated alkanes) is 2. The predicted molar refractivity (Wildman–Crippen MR) is 143 cm³/mol. The Balaban J connectivity index is 1.82. The zero-order valence-corrected chi connectivity index (χ0v) is 21.0. The van der Waals surface area contributed by atoms with E-state index in [0.29, 0.717) is 6.04 Å². The van der Waals surface area contributed by atoms with Crippen molar-refractivity contribution in [1.82, 2.24) is 4.57 Å². The van der Waals surface area contributed by atoms with Crippen LogP contribution in [-0.2, 0) is 6.42 Å². The fourth-order valence-corrected chi connectivity index (χ4v) is 5.82. The Bertz CT molecular complexity index is 1070. The van der Waals surface area contributed by atoms with Crippen molar-refractivity contribution in [3.8, 4) is 22.3 Å². The molecule has 2 N–H and O–H groups in total. The van der Waals surface area contributed by atoms with Crippen LogP contribution in [0.5, 0.6) is 0 Å². The molecular weight excluding hydrogens is 416 g/mol. The van der Waals surface area contributed by atoms with Crippen molar-refractivity contribution in [1.29, 1.82) is 0 Å². The SMILES string of the molecule is CCCCCc1c(-c2ccc(-c3ccccc3)cc2)c(C(N)=O)c(C)n1C1CCCCCCC1. The number of aromatic nitrogens is 1. The lowest BCUT2D eigenvalue weighted by atomic mass is 9.94. The number of carbonyl (C=O) groups is 1. The van der Waals surface area contributed by atoms with E-state index in [0.717, 1.165) is 35.2 Å². The van der Waals surface area contributed by atoms with Crippen molar-refractivity contribution in [2.24, 2.45) is 5.73 Å². The van der Waals surface area contributed by atoms with Crippen LogP contribution in [0.15, 0.2) is 54.6 Å². The summed E-state index contributed by atoms with van der Waals surface area (Å²) >= 11 is 0. The zero-order chi connectivity index (χ0) is 23.9. The normalized spacial score (nSPS) is 15.1. The van der Waals surface area contributed by atoms with E-state index in [2.05, 4.69) is 66.9 Å². The van der Waals surface area contributed by atoms with E-state index in [4.69, 9.17) is 5.73 Å². The summed E-state index contributed by atoms with van der Waals surface area (Å²) in [6.07, 6.45) is 13.4. The van der Waals surface area contributed by atoms with Gasteiger partial charge in [0.1, 0.15) is 0 Å². The highest BCUT2D eigenvalue weighted by atomic mass is 16.1. The molecule has 180 valence electrons. The van der Waals surface area contributed by atoms with Crippen molar-refractivity contribution in [2.75, 3.05) is 0 Å². The lowest BCUT2D eigenvalue weighted by molar-refractivity contribution is 0.1000. The first-order valence-corrected chi connectivity index (χ1v) is 13.3. The van der Waals surface area contributed by atoms with Gasteiger partial charge in [0.05, 0.1) is 5.56 Å². The number of benzene rings is 2. The number of carbonyl (C=O) groups excluding carboxylic acids is 1. The second kappa shape index (κ2) is 11.6. The van der Waals surface area contributed by atoms with E-state index in [1.165, 1.54) is 74.6 Å². The molecule has 0 aliphatic heterocycles. The van der Waals surface area contributed by atoms with Crippen molar-refractivity contribution in [3.05, 3.63) is 71.5 Å². The number of hydrogen-bond donors (Lipinski definition) is 1. The molecule has 4 rings (SSSR count). The lowest BCUT2D eigenvalue weighted by Crippen LogP contribution is -2.17. The van der Waals surface area contributed by atoms with Crippen LogP contribution >= 0.6 is 0 Å². The molecule has 2 aromatic carbocycles. The predicted octanol–water partition coefficient (Wildman–Crippen LogP) is 8.25. The second-order valence-electron chi connectivity index (χ2n) is 9.92. The molecule has 1 amide bonds. The molecule has 0 radical (unpaired) electrons. The highest BCUT2D eigenvalue weighted by Gasteiger charge is 2.28. The standard InChI is InChI=1S/C31H40N2O/c1-3-4-9-18-28-30(26-21-19-25(20-22-26)24-14-10-8-11-15-24)29(31(32)34)23(2)33(28)27-16-12-6-5-7-13-17-27/h8,10-11,14-15,19-22,27H,3-7,9,12-13,16-18H2,1-2H3,(H2,32,34). The molecule has 34 heavy (non-hydrogen) atoms. The van der Waals surface area contributed by atoms with E-state index >= 15 is 0 Å². The van der Waals surface area contributed by atoms with Gasteiger partial charge in [0.15, 0.2) is 0 Å². The van der Waals surface area contributed by atoms with Crippen LogP contribution in [0.2, 0.25) is 0 Å². The molecule has 1 fully saturated rings. The fraction of sp³-hybridized carbons (Fsp3) is 0.452. The van der Waals surface area contributed by atoms with E-state index in [9.17, 15) is 4.79 Å². The Kier molecular flexibility index (Phi) is 8.26. The average molecular weight is 457 g/mol. The van der Waals surface area contributed by atoms with E-state index in [-0.39, 0.29) is 5.91 Å². The number of hydrogen-bond acceptors (Lipinski definition) is 1. The largest absolute Gasteiger partial charge is 0.366 e. The second-order valence-corrected chi connectivity index (χ2v) is 9.92. The van der Waals surface area contributed by atoms with Crippen molar-refractivity contribution < 1.29 is 4.79 Å². The third-order valence-corrected chi connectivity index (χ3v) is 7.54. The summed E-state index contributed by atoms with van der Waals surface area (Å²) in [4.78, 5) is 12.8. The Morgan fingerprint density at radius 2 is 1.44 bits per heavy atom. The third kappa shape index (κ3) is 5.29. The summed E-state index contributed by atoms with van der Waals surface area (Å²) in [7, 11) is 0. The first kappa shape index (κ1) is 24.3. The molecule has 3 heteroatoms. The molecule has 1 aliphatic rings. The van der Waals surface area contributed by atoms with Gasteiger partial charge in [0, 0.05) is 23.0 Å². The van der Waals surface area contributed by atoms with Crippen LogP contribution in [-0.4, -0.2) is 10.5 Å². The van der Waals surface area contributed by atoms with Gasteiger partial charge in [-0.2, -0.15) is 0 Å². The number of rotatable bonds is 8. The number of amides is 1. The molecule has 1 saturated carbocycles. The Morgan fingerprint density at radius 1 is 0.853 bits per heavy atom. The summed E-state index contributed by atoms with van der Waals surface area (Å²) in [6, 6.07) is 19.6. The van der Waals surface area contributed by atoms with E-state index in [1.807, 2.05) is 6.07 Å². The maximum absolute atomic E-state index is 12.8. The monoisotopic (exact) mass is 456 g/mol. The Labute approximate surface area is 205 Å². The Morgan fingerprint density at radius 3 is 2.06 bits per heavy atom. The zero-order valence-electron chi connectivity index (χ0n) is 21.0. The van der Waals surface area contributed by atoms with Crippen LogP contribution < -0.4 is 5.73 Å². The van der Waals surface area contributed by atoms with Crippen molar-refractivity contribution >= 4 is 5.91 Å². The molecule has 0 spiro atoms. The van der Waals surface area contributed by atoms with Gasteiger partial charge >= 0.3 is 0 Å². The molecule has 1 aliphatic carbocycles. The molecule has 1 heterocycles. The first-order valence-electron chi connectivity index (χ1n) is 13.3. The minimum atomic E-state index is -0.305. The topological polar surface area (TPSA) is 48.0 Å². The van der Waals surface area contributed by atoms with E-state index in [1.54, 1.807) is 0 Å². The number of primary amides is 1. The molecule has 3 aromatic rings. The minimum absolute atomic E-state index is 0.305. The highest BCUT2D eigenvalue weighted by molar-refractivity contribution is 6.02. The van der Waals surface area contributed by atoms with Gasteiger partial charge in [-0.3, -0.25) is 4.79 Å². The van der Waals surface area contributed by atoms with Gasteiger partial charge in [-0.15, -0.1) is 0 Å². The molecular formula is C31H40N2O. The van der Waals surface area contributed by atoms with Crippen LogP contribution in [0, 0.1) is 6.92 Å². The van der Waals surface area contributed by atoms with Crippen LogP contribution in [0.1, 0.15) is 98.9 Å². The molecule has 0 saturated heterocycles. The summed E-state index contributed by atoms with van der Waals surface area (Å²) in [6.45, 7) is 4.36. The summed E-state index contributed by atoms with van der Waals surface area (Å²) < 4.78 is 2.53. The molecule has 0 unspecified atom stereocenters. The van der Waals surface area contributed by atoms with Gasteiger partial charge in [-0.25, -0.2) is 0 Å². The van der Waals surface area contributed by atoms with E-state index < -0.39 is 0 Å². The Hall–Kier alpha value is -2.81. The summed E-state index contributed by atoms with van der Waals surface area (Å²) in [5, 5.41) is 0. The van der Waals surface area contributed by atoms with Crippen molar-refractivity contribution in [2.45, 2.75) is 90.5 Å². The van der Waals surface area contributed by atoms with Gasteiger partial charge in [0.2, 0.25) is 0 Å². The summed E-state index contributed by atoms with van der Waals surface area (Å²) in [5.74, 6) is -0.305. The summed E-state index contributed by atoms with van der Waals surface area (Å²) in [5.41, 5.74) is 13.7. The highest BCUT2D eigenvalue weighted by Crippen LogP contribution is 2.39. The average Bonchev–Trinajstić information content (AvgIpc) is 3.12. The van der Waals surface area contributed by atoms with Gasteiger partial charge < -0.3 is 10.3 Å². The van der Waals surface area contributed by atoms with Crippen LogP contribution in [0.3, 0.4) is 0 Å². The van der Waals surface area contributed by atoms with Gasteiger partial charge in [0.25, 0.3) is 5.91 Å². The fourth-order valence-electron chi connectivity index (χ4n) is 5.82. The minimum Gasteiger partial charge on any atom is -0.366 e. The maximum atomic E-state index is 12.8. The quantitative estimate of drug-likeness (QED) is 0.341. The third-order valence-electron chi connectivity index (χ3n) is 7.54.